The first-order chi connectivity index (χ1) is 8.08. The third kappa shape index (κ3) is 4.70. The van der Waals surface area contributed by atoms with Gasteiger partial charge in [-0.1, -0.05) is 0 Å². The molecule has 0 aliphatic carbocycles. The molecule has 1 aliphatic rings. The van der Waals surface area contributed by atoms with Crippen LogP contribution in [0.3, 0.4) is 0 Å². The molecule has 6 nitrogen and oxygen atoms in total. The van der Waals surface area contributed by atoms with Crippen molar-refractivity contribution >= 4 is 11.8 Å². The third-order valence-corrected chi connectivity index (χ3v) is 2.87. The van der Waals surface area contributed by atoms with E-state index in [9.17, 15) is 9.59 Å². The van der Waals surface area contributed by atoms with E-state index in [1.807, 2.05) is 0 Å². The Morgan fingerprint density at radius 3 is 2.71 bits per heavy atom. The zero-order valence-electron chi connectivity index (χ0n) is 10.5. The maximum atomic E-state index is 11.5. The fourth-order valence-corrected chi connectivity index (χ4v) is 2.01. The average Bonchev–Trinajstić information content (AvgIpc) is 2.73. The second-order valence-electron chi connectivity index (χ2n) is 4.43. The van der Waals surface area contributed by atoms with Gasteiger partial charge in [-0.2, -0.15) is 0 Å². The van der Waals surface area contributed by atoms with Crippen LogP contribution in [0.5, 0.6) is 0 Å². The van der Waals surface area contributed by atoms with Crippen molar-refractivity contribution in [3.8, 4) is 0 Å². The number of hydrogen-bond acceptors (Lipinski definition) is 4. The van der Waals surface area contributed by atoms with Crippen molar-refractivity contribution in [2.24, 2.45) is 0 Å². The largest absolute Gasteiger partial charge is 0.383 e. The van der Waals surface area contributed by atoms with Crippen molar-refractivity contribution in [3.05, 3.63) is 0 Å². The Hall–Kier alpha value is -1.14. The summed E-state index contributed by atoms with van der Waals surface area (Å²) in [5, 5.41) is 8.64. The van der Waals surface area contributed by atoms with Crippen LogP contribution in [-0.2, 0) is 14.3 Å². The summed E-state index contributed by atoms with van der Waals surface area (Å²) in [6.07, 6.45) is 2.08. The molecule has 1 unspecified atom stereocenters. The van der Waals surface area contributed by atoms with Gasteiger partial charge in [-0.15, -0.1) is 0 Å². The smallest absolute Gasteiger partial charge is 0.239 e. The molecule has 1 rings (SSSR count). The maximum Gasteiger partial charge on any atom is 0.239 e. The van der Waals surface area contributed by atoms with Crippen LogP contribution in [0.2, 0.25) is 0 Å². The van der Waals surface area contributed by atoms with E-state index in [0.717, 1.165) is 19.4 Å². The SMILES string of the molecule is COCC1(CNC(=O)CNC(C)=O)CCCN1. The number of methoxy groups -OCH3 is 1. The van der Waals surface area contributed by atoms with Gasteiger partial charge in [-0.05, 0) is 19.4 Å². The fraction of sp³-hybridized carbons (Fsp3) is 0.818. The van der Waals surface area contributed by atoms with Crippen molar-refractivity contribution in [2.75, 3.05) is 33.4 Å². The van der Waals surface area contributed by atoms with Crippen LogP contribution in [0, 0.1) is 0 Å². The first-order valence-corrected chi connectivity index (χ1v) is 5.83. The van der Waals surface area contributed by atoms with Gasteiger partial charge in [0.2, 0.25) is 11.8 Å². The second kappa shape index (κ2) is 6.56. The van der Waals surface area contributed by atoms with E-state index in [1.54, 1.807) is 7.11 Å². The number of rotatable bonds is 6. The van der Waals surface area contributed by atoms with Crippen molar-refractivity contribution in [1.29, 1.82) is 0 Å². The molecule has 98 valence electrons. The predicted octanol–water partition coefficient (Wildman–Crippen LogP) is -0.993. The van der Waals surface area contributed by atoms with Gasteiger partial charge in [0.1, 0.15) is 0 Å². The van der Waals surface area contributed by atoms with E-state index in [2.05, 4.69) is 16.0 Å². The summed E-state index contributed by atoms with van der Waals surface area (Å²) in [4.78, 5) is 22.1. The van der Waals surface area contributed by atoms with Gasteiger partial charge in [-0.25, -0.2) is 0 Å². The summed E-state index contributed by atoms with van der Waals surface area (Å²) in [6, 6.07) is 0. The van der Waals surface area contributed by atoms with Crippen LogP contribution in [0.15, 0.2) is 0 Å². The van der Waals surface area contributed by atoms with E-state index in [4.69, 9.17) is 4.74 Å². The molecule has 0 aromatic carbocycles. The average molecular weight is 243 g/mol. The molecule has 2 amide bonds. The number of carbonyl (C=O) groups is 2. The minimum atomic E-state index is -0.203. The Labute approximate surface area is 101 Å². The summed E-state index contributed by atoms with van der Waals surface area (Å²) in [6.45, 7) is 3.47. The van der Waals surface area contributed by atoms with E-state index in [-0.39, 0.29) is 23.9 Å². The van der Waals surface area contributed by atoms with Gasteiger partial charge in [-0.3, -0.25) is 9.59 Å². The highest BCUT2D eigenvalue weighted by atomic mass is 16.5. The van der Waals surface area contributed by atoms with Crippen LogP contribution >= 0.6 is 0 Å². The molecule has 0 aromatic rings. The lowest BCUT2D eigenvalue weighted by Gasteiger charge is -2.28. The quantitative estimate of drug-likeness (QED) is 0.559. The van der Waals surface area contributed by atoms with Gasteiger partial charge in [0.05, 0.1) is 18.7 Å². The molecular formula is C11H21N3O3. The molecule has 6 heteroatoms. The minimum absolute atomic E-state index is 0.0262. The van der Waals surface area contributed by atoms with Crippen molar-refractivity contribution in [1.82, 2.24) is 16.0 Å². The Kier molecular flexibility index (Phi) is 5.37. The molecule has 17 heavy (non-hydrogen) atoms. The number of amides is 2. The van der Waals surface area contributed by atoms with Crippen LogP contribution in [0.4, 0.5) is 0 Å². The summed E-state index contributed by atoms with van der Waals surface area (Å²) < 4.78 is 5.18. The van der Waals surface area contributed by atoms with Crippen molar-refractivity contribution < 1.29 is 14.3 Å². The standard InChI is InChI=1S/C11H21N3O3/c1-9(15)12-6-10(16)13-7-11(8-17-2)4-3-5-14-11/h14H,3-8H2,1-2H3,(H,12,15)(H,13,16). The van der Waals surface area contributed by atoms with E-state index >= 15 is 0 Å². The highest BCUT2D eigenvalue weighted by Gasteiger charge is 2.33. The highest BCUT2D eigenvalue weighted by molar-refractivity contribution is 5.83. The maximum absolute atomic E-state index is 11.5. The normalized spacial score (nSPS) is 23.4. The lowest BCUT2D eigenvalue weighted by molar-refractivity contribution is -0.125. The molecule has 1 fully saturated rings. The molecule has 0 aromatic heterocycles. The van der Waals surface area contributed by atoms with Gasteiger partial charge < -0.3 is 20.7 Å². The first-order valence-electron chi connectivity index (χ1n) is 5.83. The van der Waals surface area contributed by atoms with Crippen LogP contribution < -0.4 is 16.0 Å². The van der Waals surface area contributed by atoms with Crippen LogP contribution in [-0.4, -0.2) is 50.7 Å². The summed E-state index contributed by atoms with van der Waals surface area (Å²) >= 11 is 0. The molecule has 0 bridgehead atoms. The highest BCUT2D eigenvalue weighted by Crippen LogP contribution is 2.18. The Balaban J connectivity index is 2.31. The number of carbonyl (C=O) groups excluding carboxylic acids is 2. The lowest BCUT2D eigenvalue weighted by atomic mass is 9.99. The third-order valence-electron chi connectivity index (χ3n) is 2.87. The Bertz CT molecular complexity index is 275. The molecule has 0 radical (unpaired) electrons. The van der Waals surface area contributed by atoms with E-state index in [0.29, 0.717) is 13.2 Å². The molecule has 1 heterocycles. The van der Waals surface area contributed by atoms with E-state index in [1.165, 1.54) is 6.92 Å². The fourth-order valence-electron chi connectivity index (χ4n) is 2.01. The predicted molar refractivity (Wildman–Crippen MR) is 63.5 cm³/mol. The monoisotopic (exact) mass is 243 g/mol. The van der Waals surface area contributed by atoms with Crippen molar-refractivity contribution in [2.45, 2.75) is 25.3 Å². The van der Waals surface area contributed by atoms with Gasteiger partial charge in [0.15, 0.2) is 0 Å². The molecule has 3 N–H and O–H groups in total. The van der Waals surface area contributed by atoms with Gasteiger partial charge in [0, 0.05) is 20.6 Å². The number of nitrogens with one attached hydrogen (secondary N) is 3. The molecular weight excluding hydrogens is 222 g/mol. The molecule has 1 saturated heterocycles. The second-order valence-corrected chi connectivity index (χ2v) is 4.43. The number of hydrogen-bond donors (Lipinski definition) is 3. The zero-order chi connectivity index (χ0) is 12.7. The van der Waals surface area contributed by atoms with Gasteiger partial charge in [0.25, 0.3) is 0 Å². The Morgan fingerprint density at radius 1 is 1.41 bits per heavy atom. The lowest BCUT2D eigenvalue weighted by Crippen LogP contribution is -2.54. The number of ether oxygens (including phenoxy) is 1. The van der Waals surface area contributed by atoms with Crippen molar-refractivity contribution in [3.63, 3.8) is 0 Å². The molecule has 1 atom stereocenters. The molecule has 0 spiro atoms. The molecule has 1 aliphatic heterocycles. The van der Waals surface area contributed by atoms with Gasteiger partial charge >= 0.3 is 0 Å². The summed E-state index contributed by atoms with van der Waals surface area (Å²) in [7, 11) is 1.65. The van der Waals surface area contributed by atoms with Crippen LogP contribution in [0.25, 0.3) is 0 Å². The van der Waals surface area contributed by atoms with E-state index < -0.39 is 0 Å². The first kappa shape index (κ1) is 13.9. The minimum Gasteiger partial charge on any atom is -0.383 e. The summed E-state index contributed by atoms with van der Waals surface area (Å²) in [5.74, 6) is -0.380. The zero-order valence-corrected chi connectivity index (χ0v) is 10.5. The molecule has 0 saturated carbocycles. The summed E-state index contributed by atoms with van der Waals surface area (Å²) in [5.41, 5.74) is -0.152. The van der Waals surface area contributed by atoms with Crippen LogP contribution in [0.1, 0.15) is 19.8 Å². The Morgan fingerprint density at radius 2 is 2.18 bits per heavy atom. The topological polar surface area (TPSA) is 79.5 Å².